The zero-order valence-corrected chi connectivity index (χ0v) is 18.9. The molecule has 0 radical (unpaired) electrons. The summed E-state index contributed by atoms with van der Waals surface area (Å²) < 4.78 is 52.0. The predicted molar refractivity (Wildman–Crippen MR) is 103 cm³/mol. The number of hydrogen-bond acceptors (Lipinski definition) is 13. The van der Waals surface area contributed by atoms with Crippen LogP contribution in [-0.2, 0) is 31.6 Å². The number of nitrogen functional groups attached to an aromatic ring is 1. The minimum absolute atomic E-state index is 0.123. The van der Waals surface area contributed by atoms with Crippen LogP contribution >= 0.6 is 23.5 Å². The van der Waals surface area contributed by atoms with E-state index in [4.69, 9.17) is 25.2 Å². The summed E-state index contributed by atoms with van der Waals surface area (Å²) in [7, 11) is -16.8. The fourth-order valence-electron chi connectivity index (χ4n) is 2.96. The maximum atomic E-state index is 11.9. The molecule has 2 aromatic heterocycles. The Morgan fingerprint density at radius 2 is 1.88 bits per heavy atom. The Labute approximate surface area is 182 Å². The molecule has 2 aromatic rings. The van der Waals surface area contributed by atoms with Crippen LogP contribution in [0.4, 0.5) is 5.95 Å². The topological polar surface area (TPSA) is 299 Å². The summed E-state index contributed by atoms with van der Waals surface area (Å²) in [4.78, 5) is 57.6. The fraction of sp³-hybridized carbons (Fsp3) is 0.545. The lowest BCUT2D eigenvalue weighted by molar-refractivity contribution is -0.0949. The van der Waals surface area contributed by atoms with Crippen molar-refractivity contribution in [1.29, 1.82) is 0 Å². The van der Waals surface area contributed by atoms with Crippen LogP contribution in [0.1, 0.15) is 13.2 Å². The van der Waals surface area contributed by atoms with Crippen LogP contribution in [0.15, 0.2) is 11.1 Å². The first-order chi connectivity index (χ1) is 14.9. The Hall–Kier alpha value is -1.56. The number of aromatic nitrogens is 4. The fourth-order valence-corrected chi connectivity index (χ4v) is 5.99. The maximum Gasteiger partial charge on any atom is 0.490 e. The summed E-state index contributed by atoms with van der Waals surface area (Å²) in [6.07, 6.45) is -3.78. The van der Waals surface area contributed by atoms with Gasteiger partial charge in [-0.2, -0.15) is 13.6 Å². The average molecular weight is 537 g/mol. The van der Waals surface area contributed by atoms with Gasteiger partial charge in [-0.3, -0.25) is 18.9 Å². The van der Waals surface area contributed by atoms with Crippen LogP contribution < -0.4 is 11.3 Å². The van der Waals surface area contributed by atoms with E-state index in [9.17, 15) is 33.6 Å². The molecule has 0 bridgehead atoms. The molecule has 0 spiro atoms. The van der Waals surface area contributed by atoms with E-state index in [0.717, 1.165) is 17.8 Å². The molecule has 9 N–H and O–H groups in total. The van der Waals surface area contributed by atoms with Gasteiger partial charge in [0.2, 0.25) is 5.95 Å². The van der Waals surface area contributed by atoms with E-state index in [2.05, 4.69) is 28.1 Å². The first-order valence-corrected chi connectivity index (χ1v) is 13.0. The molecule has 3 rings (SSSR count). The van der Waals surface area contributed by atoms with Crippen LogP contribution in [0.5, 0.6) is 0 Å². The summed E-state index contributed by atoms with van der Waals surface area (Å²) in [6, 6.07) is 0. The number of fused-ring (bicyclic) bond motifs is 1. The van der Waals surface area contributed by atoms with Gasteiger partial charge < -0.3 is 40.3 Å². The largest absolute Gasteiger partial charge is 0.490 e. The van der Waals surface area contributed by atoms with Gasteiger partial charge in [0.05, 0.1) is 12.9 Å². The lowest BCUT2D eigenvalue weighted by Crippen LogP contribution is -2.44. The SMILES string of the molecule is C[C@]1(O)[C@@H](O)[C@@H](COP(=O)(O)OP(=O)(O)OP(=O)(O)O)O[C@H]1n1cnc2c(=O)[nH]c(N)nc21. The number of rotatable bonds is 8. The number of phosphoric ester groups is 1. The highest BCUT2D eigenvalue weighted by molar-refractivity contribution is 7.66. The predicted octanol–water partition coefficient (Wildman–Crippen LogP) is -1.95. The van der Waals surface area contributed by atoms with E-state index in [1.54, 1.807) is 0 Å². The van der Waals surface area contributed by atoms with Gasteiger partial charge in [-0.1, -0.05) is 0 Å². The number of aliphatic hydroxyl groups is 2. The van der Waals surface area contributed by atoms with Crippen LogP contribution in [-0.4, -0.2) is 73.7 Å². The van der Waals surface area contributed by atoms with Gasteiger partial charge in [-0.25, -0.2) is 18.7 Å². The van der Waals surface area contributed by atoms with Gasteiger partial charge in [0.25, 0.3) is 5.56 Å². The number of aromatic amines is 1. The van der Waals surface area contributed by atoms with Crippen molar-refractivity contribution >= 4 is 40.6 Å². The van der Waals surface area contributed by atoms with Crippen LogP contribution in [0.25, 0.3) is 11.2 Å². The number of imidazole rings is 1. The molecule has 2 unspecified atom stereocenters. The quantitative estimate of drug-likeness (QED) is 0.170. The lowest BCUT2D eigenvalue weighted by atomic mass is 9.96. The summed E-state index contributed by atoms with van der Waals surface area (Å²) in [6.45, 7) is 0.0931. The zero-order valence-electron chi connectivity index (χ0n) is 16.2. The first kappa shape index (κ1) is 26.1. The Bertz CT molecular complexity index is 1250. The number of ether oxygens (including phenoxy) is 1. The number of nitrogens with two attached hydrogens (primary N) is 1. The second kappa shape index (κ2) is 8.58. The van der Waals surface area contributed by atoms with Gasteiger partial charge in [0, 0.05) is 0 Å². The molecule has 0 aromatic carbocycles. The molecule has 186 valence electrons. The lowest BCUT2D eigenvalue weighted by Gasteiger charge is -2.27. The van der Waals surface area contributed by atoms with Crippen LogP contribution in [0.3, 0.4) is 0 Å². The van der Waals surface area contributed by atoms with Crippen molar-refractivity contribution in [1.82, 2.24) is 19.5 Å². The Kier molecular flexibility index (Phi) is 6.78. The smallest absolute Gasteiger partial charge is 0.387 e. The van der Waals surface area contributed by atoms with Crippen LogP contribution in [0, 0.1) is 0 Å². The zero-order chi connectivity index (χ0) is 25.0. The van der Waals surface area contributed by atoms with E-state index < -0.39 is 59.7 Å². The molecule has 33 heavy (non-hydrogen) atoms. The molecule has 0 amide bonds. The number of nitrogens with zero attached hydrogens (tertiary/aromatic N) is 3. The van der Waals surface area contributed by atoms with E-state index in [1.807, 2.05) is 0 Å². The molecule has 1 fully saturated rings. The molecule has 1 aliphatic rings. The molecule has 19 nitrogen and oxygen atoms in total. The highest BCUT2D eigenvalue weighted by atomic mass is 31.3. The van der Waals surface area contributed by atoms with Crippen molar-refractivity contribution in [2.45, 2.75) is 31.0 Å². The number of anilines is 1. The second-order valence-electron chi connectivity index (χ2n) is 6.86. The molecular formula is C11H18N5O14P3. The Balaban J connectivity index is 1.78. The minimum Gasteiger partial charge on any atom is -0.387 e. The van der Waals surface area contributed by atoms with Gasteiger partial charge in [-0.15, -0.1) is 0 Å². The summed E-state index contributed by atoms with van der Waals surface area (Å²) >= 11 is 0. The van der Waals surface area contributed by atoms with Gasteiger partial charge in [-0.05, 0) is 6.92 Å². The monoisotopic (exact) mass is 537 g/mol. The Morgan fingerprint density at radius 3 is 2.48 bits per heavy atom. The van der Waals surface area contributed by atoms with Gasteiger partial charge in [0.15, 0.2) is 17.4 Å². The third-order valence-corrected chi connectivity index (χ3v) is 8.08. The molecule has 1 saturated heterocycles. The van der Waals surface area contributed by atoms with Crippen molar-refractivity contribution < 1.29 is 61.4 Å². The number of aliphatic hydroxyl groups excluding tert-OH is 1. The second-order valence-corrected chi connectivity index (χ2v) is 11.3. The third-order valence-electron chi connectivity index (χ3n) is 4.28. The van der Waals surface area contributed by atoms with E-state index in [-0.39, 0.29) is 17.1 Å². The van der Waals surface area contributed by atoms with Crippen molar-refractivity contribution in [3.05, 3.63) is 16.7 Å². The highest BCUT2D eigenvalue weighted by Gasteiger charge is 2.54. The number of phosphoric acid groups is 3. The molecule has 6 atom stereocenters. The number of H-pyrrole nitrogens is 1. The minimum atomic E-state index is -5.75. The first-order valence-electron chi connectivity index (χ1n) is 8.48. The highest BCUT2D eigenvalue weighted by Crippen LogP contribution is 2.66. The molecule has 1 aliphatic heterocycles. The van der Waals surface area contributed by atoms with Crippen LogP contribution in [0.2, 0.25) is 0 Å². The standard InChI is InChI=1S/C11H18N5O14P3/c1-11(19)6(17)4(2-27-32(23,24)30-33(25,26)29-31(20,21)22)28-9(11)16-3-13-5-7(16)14-10(12)15-8(5)18/h3-4,6,9,17,19H,2H2,1H3,(H,23,24)(H,25,26)(H2,20,21,22)(H3,12,14,15,18)/t4-,6+,9-,11+/m1/s1. The number of nitrogens with one attached hydrogen (secondary N) is 1. The molecule has 0 saturated carbocycles. The maximum absolute atomic E-state index is 11.9. The molecule has 0 aliphatic carbocycles. The molecule has 3 heterocycles. The molecule has 22 heteroatoms. The Morgan fingerprint density at radius 1 is 1.24 bits per heavy atom. The number of hydrogen-bond donors (Lipinski definition) is 8. The van der Waals surface area contributed by atoms with Gasteiger partial charge >= 0.3 is 23.5 Å². The van der Waals surface area contributed by atoms with Crippen molar-refractivity contribution in [2.75, 3.05) is 12.3 Å². The van der Waals surface area contributed by atoms with Gasteiger partial charge in [0.1, 0.15) is 17.8 Å². The van der Waals surface area contributed by atoms with E-state index >= 15 is 0 Å². The molecular weight excluding hydrogens is 519 g/mol. The third kappa shape index (κ3) is 5.75. The summed E-state index contributed by atoms with van der Waals surface area (Å²) in [5, 5.41) is 21.1. The summed E-state index contributed by atoms with van der Waals surface area (Å²) in [5.74, 6) is -0.281. The van der Waals surface area contributed by atoms with Crippen molar-refractivity contribution in [2.24, 2.45) is 0 Å². The van der Waals surface area contributed by atoms with E-state index in [0.29, 0.717) is 0 Å². The summed E-state index contributed by atoms with van der Waals surface area (Å²) in [5.41, 5.74) is 2.40. The van der Waals surface area contributed by atoms with Crippen molar-refractivity contribution in [3.8, 4) is 0 Å². The normalized spacial score (nSPS) is 29.7. The average Bonchev–Trinajstić information content (AvgIpc) is 3.10. The van der Waals surface area contributed by atoms with Crippen molar-refractivity contribution in [3.63, 3.8) is 0 Å². The van der Waals surface area contributed by atoms with E-state index in [1.165, 1.54) is 0 Å².